The molecule has 0 atom stereocenters. The molecule has 0 radical (unpaired) electrons. The summed E-state index contributed by atoms with van der Waals surface area (Å²) in [6.45, 7) is 9.94. The number of carbonyl (C=O) groups excluding carboxylic acids is 2. The van der Waals surface area contributed by atoms with Crippen molar-refractivity contribution in [2.24, 2.45) is 0 Å². The molecule has 176 valence electrons. The summed E-state index contributed by atoms with van der Waals surface area (Å²) >= 11 is 2.98. The molecule has 2 amide bonds. The summed E-state index contributed by atoms with van der Waals surface area (Å²) in [5.41, 5.74) is 1.55. The Bertz CT molecular complexity index is 1350. The molecule has 1 aromatic carbocycles. The van der Waals surface area contributed by atoms with Gasteiger partial charge in [0.05, 0.1) is 28.2 Å². The molecule has 10 heteroatoms. The lowest BCUT2D eigenvalue weighted by atomic mass is 9.96. The van der Waals surface area contributed by atoms with E-state index < -0.39 is 0 Å². The van der Waals surface area contributed by atoms with Gasteiger partial charge in [0.15, 0.2) is 11.0 Å². The molecule has 3 aromatic heterocycles. The van der Waals surface area contributed by atoms with Gasteiger partial charge in [-0.2, -0.15) is 4.98 Å². The highest BCUT2D eigenvalue weighted by molar-refractivity contribution is 7.18. The highest BCUT2D eigenvalue weighted by atomic mass is 32.1. The highest BCUT2D eigenvalue weighted by Gasteiger charge is 2.24. The molecule has 4 rings (SSSR count). The van der Waals surface area contributed by atoms with E-state index in [0.717, 1.165) is 20.3 Å². The number of rotatable bonds is 6. The van der Waals surface area contributed by atoms with Crippen LogP contribution in [0, 0.1) is 6.92 Å². The number of amides is 2. The SMILES string of the molecule is CC(=O)NCc1ccc(-c2nc(NC(=O)c3ccccc3-c3nc(C(C)(C)C)no3)sc2C)s1. The Morgan fingerprint density at radius 3 is 2.53 bits per heavy atom. The number of hydrogen-bond donors (Lipinski definition) is 2. The smallest absolute Gasteiger partial charge is 0.258 e. The molecule has 0 bridgehead atoms. The van der Waals surface area contributed by atoms with Crippen molar-refractivity contribution in [2.45, 2.75) is 46.6 Å². The van der Waals surface area contributed by atoms with Crippen molar-refractivity contribution in [3.8, 4) is 22.0 Å². The number of benzene rings is 1. The minimum Gasteiger partial charge on any atom is -0.351 e. The third kappa shape index (κ3) is 5.23. The second kappa shape index (κ2) is 9.47. The van der Waals surface area contributed by atoms with Crippen LogP contribution in [0.4, 0.5) is 5.13 Å². The Kier molecular flexibility index (Phi) is 6.63. The van der Waals surface area contributed by atoms with Crippen LogP contribution >= 0.6 is 22.7 Å². The number of anilines is 1. The summed E-state index contributed by atoms with van der Waals surface area (Å²) in [6, 6.07) is 11.1. The number of nitrogens with one attached hydrogen (secondary N) is 2. The summed E-state index contributed by atoms with van der Waals surface area (Å²) in [5.74, 6) is 0.507. The van der Waals surface area contributed by atoms with E-state index in [2.05, 4.69) is 25.8 Å². The van der Waals surface area contributed by atoms with Crippen LogP contribution in [0.5, 0.6) is 0 Å². The second-order valence-electron chi connectivity index (χ2n) is 8.77. The molecule has 0 spiro atoms. The van der Waals surface area contributed by atoms with E-state index in [1.165, 1.54) is 18.3 Å². The minimum atomic E-state index is -0.302. The molecule has 8 nitrogen and oxygen atoms in total. The first-order valence-electron chi connectivity index (χ1n) is 10.7. The molecule has 0 saturated heterocycles. The van der Waals surface area contributed by atoms with Gasteiger partial charge in [-0.1, -0.05) is 38.1 Å². The third-order valence-electron chi connectivity index (χ3n) is 4.92. The summed E-state index contributed by atoms with van der Waals surface area (Å²) in [7, 11) is 0. The Hall–Kier alpha value is -3.37. The van der Waals surface area contributed by atoms with E-state index in [-0.39, 0.29) is 17.2 Å². The number of nitrogens with zero attached hydrogens (tertiary/aromatic N) is 3. The zero-order valence-corrected chi connectivity index (χ0v) is 21.2. The molecule has 0 unspecified atom stereocenters. The molecule has 34 heavy (non-hydrogen) atoms. The number of thiazole rings is 1. The molecule has 4 aromatic rings. The standard InChI is InChI=1S/C24H25N5O3S2/c1-13-19(18-11-10-15(34-18)12-25-14(2)30)26-23(33-13)27-20(31)16-8-6-7-9-17(16)21-28-22(29-32-21)24(3,4)5/h6-11H,12H2,1-5H3,(H,25,30)(H,26,27,31). The Morgan fingerprint density at radius 1 is 1.06 bits per heavy atom. The highest BCUT2D eigenvalue weighted by Crippen LogP contribution is 2.35. The molecule has 0 saturated carbocycles. The maximum absolute atomic E-state index is 13.2. The van der Waals surface area contributed by atoms with Crippen LogP contribution in [0.25, 0.3) is 22.0 Å². The van der Waals surface area contributed by atoms with Crippen molar-refractivity contribution in [1.82, 2.24) is 20.4 Å². The van der Waals surface area contributed by atoms with Crippen molar-refractivity contribution >= 4 is 39.6 Å². The average Bonchev–Trinajstić information content (AvgIpc) is 3.51. The van der Waals surface area contributed by atoms with Crippen molar-refractivity contribution in [3.05, 3.63) is 57.5 Å². The summed E-state index contributed by atoms with van der Waals surface area (Å²) in [6.07, 6.45) is 0. The van der Waals surface area contributed by atoms with Gasteiger partial charge in [-0.3, -0.25) is 14.9 Å². The maximum Gasteiger partial charge on any atom is 0.258 e. The molecular weight excluding hydrogens is 470 g/mol. The first kappa shape index (κ1) is 23.8. The number of thiophene rings is 1. The van der Waals surface area contributed by atoms with Gasteiger partial charge in [0.2, 0.25) is 5.91 Å². The van der Waals surface area contributed by atoms with Crippen LogP contribution in [-0.2, 0) is 16.8 Å². The van der Waals surface area contributed by atoms with E-state index in [9.17, 15) is 9.59 Å². The Balaban J connectivity index is 1.55. The van der Waals surface area contributed by atoms with Gasteiger partial charge in [-0.15, -0.1) is 22.7 Å². The predicted octanol–water partition coefficient (Wildman–Crippen LogP) is 5.42. The van der Waals surface area contributed by atoms with Crippen molar-refractivity contribution < 1.29 is 14.1 Å². The van der Waals surface area contributed by atoms with Crippen LogP contribution in [0.15, 0.2) is 40.9 Å². The Morgan fingerprint density at radius 2 is 1.82 bits per heavy atom. The molecule has 0 aliphatic carbocycles. The first-order chi connectivity index (χ1) is 16.1. The fourth-order valence-electron chi connectivity index (χ4n) is 3.16. The number of hydrogen-bond acceptors (Lipinski definition) is 8. The summed E-state index contributed by atoms with van der Waals surface area (Å²) < 4.78 is 5.46. The molecule has 0 aliphatic rings. The van der Waals surface area contributed by atoms with E-state index in [1.807, 2.05) is 45.9 Å². The van der Waals surface area contributed by atoms with Crippen LogP contribution in [0.3, 0.4) is 0 Å². The van der Waals surface area contributed by atoms with Crippen LogP contribution in [0.2, 0.25) is 0 Å². The fourth-order valence-corrected chi connectivity index (χ4v) is 5.04. The summed E-state index contributed by atoms with van der Waals surface area (Å²) in [5, 5.41) is 10.3. The largest absolute Gasteiger partial charge is 0.351 e. The van der Waals surface area contributed by atoms with E-state index in [4.69, 9.17) is 4.52 Å². The van der Waals surface area contributed by atoms with E-state index >= 15 is 0 Å². The first-order valence-corrected chi connectivity index (χ1v) is 12.3. The lowest BCUT2D eigenvalue weighted by Crippen LogP contribution is -2.17. The van der Waals surface area contributed by atoms with Crippen molar-refractivity contribution in [3.63, 3.8) is 0 Å². The van der Waals surface area contributed by atoms with Gasteiger partial charge in [0, 0.05) is 22.1 Å². The van der Waals surface area contributed by atoms with E-state index in [1.54, 1.807) is 29.5 Å². The van der Waals surface area contributed by atoms with Crippen LogP contribution in [-0.4, -0.2) is 26.9 Å². The zero-order chi connectivity index (χ0) is 24.5. The van der Waals surface area contributed by atoms with E-state index in [0.29, 0.717) is 34.5 Å². The van der Waals surface area contributed by atoms with Crippen LogP contribution < -0.4 is 10.6 Å². The molecule has 3 heterocycles. The maximum atomic E-state index is 13.2. The third-order valence-corrected chi connectivity index (χ3v) is 6.90. The molecule has 2 N–H and O–H groups in total. The lowest BCUT2D eigenvalue weighted by molar-refractivity contribution is -0.119. The number of aryl methyl sites for hydroxylation is 1. The van der Waals surface area contributed by atoms with Gasteiger partial charge >= 0.3 is 0 Å². The van der Waals surface area contributed by atoms with Gasteiger partial charge in [0.1, 0.15) is 0 Å². The lowest BCUT2D eigenvalue weighted by Gasteiger charge is -2.11. The summed E-state index contributed by atoms with van der Waals surface area (Å²) in [4.78, 5) is 36.5. The van der Waals surface area contributed by atoms with Crippen molar-refractivity contribution in [1.29, 1.82) is 0 Å². The minimum absolute atomic E-state index is 0.0692. The van der Waals surface area contributed by atoms with Gasteiger partial charge in [-0.25, -0.2) is 4.98 Å². The fraction of sp³-hybridized carbons (Fsp3) is 0.292. The Labute approximate surface area is 205 Å². The molecule has 0 fully saturated rings. The topological polar surface area (TPSA) is 110 Å². The van der Waals surface area contributed by atoms with Gasteiger partial charge < -0.3 is 9.84 Å². The second-order valence-corrected chi connectivity index (χ2v) is 11.1. The quantitative estimate of drug-likeness (QED) is 0.370. The average molecular weight is 496 g/mol. The van der Waals surface area contributed by atoms with Crippen LogP contribution in [0.1, 0.15) is 53.6 Å². The number of carbonyl (C=O) groups is 2. The normalized spacial score (nSPS) is 11.4. The van der Waals surface area contributed by atoms with Gasteiger partial charge in [0.25, 0.3) is 11.8 Å². The molecule has 0 aliphatic heterocycles. The van der Waals surface area contributed by atoms with Gasteiger partial charge in [-0.05, 0) is 31.2 Å². The number of aromatic nitrogens is 3. The monoisotopic (exact) mass is 495 g/mol. The molecular formula is C24H25N5O3S2. The zero-order valence-electron chi connectivity index (χ0n) is 19.6. The predicted molar refractivity (Wildman–Crippen MR) is 134 cm³/mol. The van der Waals surface area contributed by atoms with Crippen molar-refractivity contribution in [2.75, 3.05) is 5.32 Å².